The summed E-state index contributed by atoms with van der Waals surface area (Å²) >= 11 is 0. The van der Waals surface area contributed by atoms with Crippen LogP contribution in [0.3, 0.4) is 0 Å². The number of nitrogens with zero attached hydrogens (tertiary/aromatic N) is 1. The fourth-order valence-electron chi connectivity index (χ4n) is 2.61. The topological polar surface area (TPSA) is 109 Å². The third kappa shape index (κ3) is 4.36. The zero-order chi connectivity index (χ0) is 16.8. The Kier molecular flexibility index (Phi) is 5.41. The smallest absolute Gasteiger partial charge is 0.306 e. The van der Waals surface area contributed by atoms with Crippen LogP contribution in [0.2, 0.25) is 0 Å². The van der Waals surface area contributed by atoms with Gasteiger partial charge >= 0.3 is 5.97 Å². The number of nitriles is 1. The summed E-state index contributed by atoms with van der Waals surface area (Å²) in [4.78, 5) is 22.8. The van der Waals surface area contributed by atoms with Crippen LogP contribution in [0.15, 0.2) is 18.2 Å². The van der Waals surface area contributed by atoms with Gasteiger partial charge in [-0.3, -0.25) is 9.59 Å². The van der Waals surface area contributed by atoms with E-state index in [-0.39, 0.29) is 24.5 Å². The molecule has 7 heteroatoms. The van der Waals surface area contributed by atoms with Crippen molar-refractivity contribution in [3.63, 3.8) is 0 Å². The van der Waals surface area contributed by atoms with Crippen molar-refractivity contribution in [2.45, 2.75) is 25.3 Å². The van der Waals surface area contributed by atoms with E-state index in [0.717, 1.165) is 0 Å². The predicted octanol–water partition coefficient (Wildman–Crippen LogP) is 1.32. The number of benzene rings is 1. The van der Waals surface area contributed by atoms with Crippen LogP contribution in [0.4, 0.5) is 0 Å². The van der Waals surface area contributed by atoms with Gasteiger partial charge in [0.15, 0.2) is 18.1 Å². The van der Waals surface area contributed by atoms with Gasteiger partial charge in [0, 0.05) is 12.1 Å². The second kappa shape index (κ2) is 7.49. The fraction of sp³-hybridized carbons (Fsp3) is 0.438. The summed E-state index contributed by atoms with van der Waals surface area (Å²) in [7, 11) is 1.45. The third-order valence-corrected chi connectivity index (χ3v) is 3.80. The fourth-order valence-corrected chi connectivity index (χ4v) is 2.61. The lowest BCUT2D eigenvalue weighted by molar-refractivity contribution is -0.141. The molecule has 1 fully saturated rings. The quantitative estimate of drug-likeness (QED) is 0.818. The molecular weight excluding hydrogens is 300 g/mol. The summed E-state index contributed by atoms with van der Waals surface area (Å²) < 4.78 is 10.5. The number of hydrogen-bond acceptors (Lipinski definition) is 5. The summed E-state index contributed by atoms with van der Waals surface area (Å²) in [5, 5.41) is 20.6. The van der Waals surface area contributed by atoms with Crippen LogP contribution in [-0.4, -0.2) is 36.7 Å². The number of carboxylic acids is 1. The number of hydrogen-bond donors (Lipinski definition) is 2. The van der Waals surface area contributed by atoms with E-state index in [2.05, 4.69) is 5.32 Å². The van der Waals surface area contributed by atoms with Gasteiger partial charge in [0.2, 0.25) is 0 Å². The summed E-state index contributed by atoms with van der Waals surface area (Å²) in [6.45, 7) is -0.198. The van der Waals surface area contributed by atoms with E-state index in [1.54, 1.807) is 12.1 Å². The van der Waals surface area contributed by atoms with Gasteiger partial charge in [-0.2, -0.15) is 5.26 Å². The Hall–Kier alpha value is -2.75. The van der Waals surface area contributed by atoms with Gasteiger partial charge in [-0.25, -0.2) is 0 Å². The maximum atomic E-state index is 11.9. The number of rotatable bonds is 6. The zero-order valence-electron chi connectivity index (χ0n) is 12.7. The number of carboxylic acid groups (broad SMARTS) is 1. The van der Waals surface area contributed by atoms with Crippen LogP contribution in [0.5, 0.6) is 11.5 Å². The molecule has 1 aromatic rings. The van der Waals surface area contributed by atoms with Gasteiger partial charge in [-0.1, -0.05) is 0 Å². The van der Waals surface area contributed by atoms with Gasteiger partial charge < -0.3 is 19.9 Å². The van der Waals surface area contributed by atoms with Crippen molar-refractivity contribution in [3.05, 3.63) is 23.8 Å². The molecule has 0 unspecified atom stereocenters. The highest BCUT2D eigenvalue weighted by Gasteiger charge is 2.30. The summed E-state index contributed by atoms with van der Waals surface area (Å²) in [5.41, 5.74) is 0.435. The first-order chi connectivity index (χ1) is 11.0. The predicted molar refractivity (Wildman–Crippen MR) is 80.1 cm³/mol. The molecule has 0 aliphatic heterocycles. The Balaban J connectivity index is 1.85. The van der Waals surface area contributed by atoms with E-state index in [0.29, 0.717) is 36.3 Å². The molecule has 122 valence electrons. The first-order valence-electron chi connectivity index (χ1n) is 7.26. The molecule has 0 heterocycles. The van der Waals surface area contributed by atoms with Crippen LogP contribution in [-0.2, 0) is 9.59 Å². The van der Waals surface area contributed by atoms with Gasteiger partial charge in [-0.15, -0.1) is 0 Å². The van der Waals surface area contributed by atoms with Crippen molar-refractivity contribution in [1.82, 2.24) is 5.32 Å². The van der Waals surface area contributed by atoms with Gasteiger partial charge in [0.1, 0.15) is 0 Å². The molecule has 7 nitrogen and oxygen atoms in total. The molecule has 0 saturated heterocycles. The minimum Gasteiger partial charge on any atom is -0.493 e. The lowest BCUT2D eigenvalue weighted by atomic mass is 10.1. The molecule has 0 radical (unpaired) electrons. The molecule has 1 saturated carbocycles. The zero-order valence-corrected chi connectivity index (χ0v) is 12.7. The molecule has 0 spiro atoms. The molecule has 23 heavy (non-hydrogen) atoms. The number of carbonyl (C=O) groups is 2. The highest BCUT2D eigenvalue weighted by molar-refractivity contribution is 5.78. The number of methoxy groups -OCH3 is 1. The Labute approximate surface area is 133 Å². The molecule has 1 aliphatic carbocycles. The molecule has 1 amide bonds. The molecule has 0 bridgehead atoms. The standard InChI is InChI=1S/C16H18N2O5/c1-22-14-6-10(8-17)2-5-13(14)23-9-15(19)18-12-4-3-11(7-12)16(20)21/h2,5-6,11-12H,3-4,7,9H2,1H3,(H,18,19)(H,20,21)/t11-,12+/m1/s1. The largest absolute Gasteiger partial charge is 0.493 e. The first-order valence-corrected chi connectivity index (χ1v) is 7.26. The molecule has 1 aromatic carbocycles. The second-order valence-corrected chi connectivity index (χ2v) is 5.38. The Morgan fingerprint density at radius 3 is 2.78 bits per heavy atom. The summed E-state index contributed by atoms with van der Waals surface area (Å²) in [6.07, 6.45) is 1.68. The maximum absolute atomic E-state index is 11.9. The normalized spacial score (nSPS) is 19.7. The molecule has 1 aliphatic rings. The van der Waals surface area contributed by atoms with Crippen LogP contribution in [0, 0.1) is 17.2 Å². The Bertz CT molecular complexity index is 638. The second-order valence-electron chi connectivity index (χ2n) is 5.38. The van der Waals surface area contributed by atoms with E-state index in [9.17, 15) is 9.59 Å². The van der Waals surface area contributed by atoms with Crippen molar-refractivity contribution in [2.75, 3.05) is 13.7 Å². The molecule has 2 N–H and O–H groups in total. The number of ether oxygens (including phenoxy) is 2. The number of nitrogens with one attached hydrogen (secondary N) is 1. The van der Waals surface area contributed by atoms with Crippen LogP contribution in [0.25, 0.3) is 0 Å². The van der Waals surface area contributed by atoms with E-state index < -0.39 is 5.97 Å². The minimum atomic E-state index is -0.819. The van der Waals surface area contributed by atoms with Crippen LogP contribution >= 0.6 is 0 Å². The molecule has 0 aromatic heterocycles. The van der Waals surface area contributed by atoms with Crippen molar-refractivity contribution >= 4 is 11.9 Å². The molecule has 2 atom stereocenters. The average Bonchev–Trinajstić information content (AvgIpc) is 3.01. The Morgan fingerprint density at radius 1 is 1.39 bits per heavy atom. The molecule has 2 rings (SSSR count). The summed E-state index contributed by atoms with van der Waals surface area (Å²) in [6, 6.07) is 6.54. The van der Waals surface area contributed by atoms with E-state index >= 15 is 0 Å². The highest BCUT2D eigenvalue weighted by Crippen LogP contribution is 2.28. The molecular formula is C16H18N2O5. The van der Waals surface area contributed by atoms with Crippen LogP contribution in [0.1, 0.15) is 24.8 Å². The van der Waals surface area contributed by atoms with Gasteiger partial charge in [0.05, 0.1) is 24.7 Å². The monoisotopic (exact) mass is 318 g/mol. The lowest BCUT2D eigenvalue weighted by Crippen LogP contribution is -2.36. The van der Waals surface area contributed by atoms with E-state index in [1.807, 2.05) is 6.07 Å². The highest BCUT2D eigenvalue weighted by atomic mass is 16.5. The number of amides is 1. The number of aliphatic carboxylic acids is 1. The van der Waals surface area contributed by atoms with Crippen molar-refractivity contribution in [1.29, 1.82) is 5.26 Å². The van der Waals surface area contributed by atoms with Crippen LogP contribution < -0.4 is 14.8 Å². The lowest BCUT2D eigenvalue weighted by Gasteiger charge is -2.14. The van der Waals surface area contributed by atoms with Crippen molar-refractivity contribution in [2.24, 2.45) is 5.92 Å². The van der Waals surface area contributed by atoms with Crippen molar-refractivity contribution in [3.8, 4) is 17.6 Å². The number of carbonyl (C=O) groups excluding carboxylic acids is 1. The van der Waals surface area contributed by atoms with Gasteiger partial charge in [-0.05, 0) is 31.4 Å². The van der Waals surface area contributed by atoms with Gasteiger partial charge in [0.25, 0.3) is 5.91 Å². The van der Waals surface area contributed by atoms with Crippen molar-refractivity contribution < 1.29 is 24.2 Å². The SMILES string of the molecule is COc1cc(C#N)ccc1OCC(=O)N[C@H]1CC[C@@H](C(=O)O)C1. The third-order valence-electron chi connectivity index (χ3n) is 3.80. The maximum Gasteiger partial charge on any atom is 0.306 e. The average molecular weight is 318 g/mol. The minimum absolute atomic E-state index is 0.130. The summed E-state index contributed by atoms with van der Waals surface area (Å²) in [5.74, 6) is -0.771. The Morgan fingerprint density at radius 2 is 2.17 bits per heavy atom. The first kappa shape index (κ1) is 16.6. The van der Waals surface area contributed by atoms with E-state index in [4.69, 9.17) is 19.8 Å². The van der Waals surface area contributed by atoms with E-state index in [1.165, 1.54) is 13.2 Å².